The zero-order chi connectivity index (χ0) is 13.3. The number of ether oxygens (including phenoxy) is 1. The van der Waals surface area contributed by atoms with E-state index in [2.05, 4.69) is 52.9 Å². The van der Waals surface area contributed by atoms with Gasteiger partial charge in [0.1, 0.15) is 0 Å². The molecule has 4 heteroatoms. The fraction of sp³-hybridized carbons (Fsp3) is 0.571. The lowest BCUT2D eigenvalue weighted by Crippen LogP contribution is -2.47. The number of benzene rings is 1. The number of hydrogen-bond acceptors (Lipinski definition) is 3. The van der Waals surface area contributed by atoms with Crippen molar-refractivity contribution in [3.8, 4) is 0 Å². The lowest BCUT2D eigenvalue weighted by molar-refractivity contribution is 0.0343. The van der Waals surface area contributed by atoms with E-state index in [9.17, 15) is 0 Å². The minimum absolute atomic E-state index is 0.0661. The summed E-state index contributed by atoms with van der Waals surface area (Å²) in [4.78, 5) is 2.39. The van der Waals surface area contributed by atoms with Gasteiger partial charge in [-0.1, -0.05) is 6.07 Å². The lowest BCUT2D eigenvalue weighted by Gasteiger charge is -2.39. The summed E-state index contributed by atoms with van der Waals surface area (Å²) in [7, 11) is 0. The molecule has 2 unspecified atom stereocenters. The smallest absolute Gasteiger partial charge is 0.0723 e. The van der Waals surface area contributed by atoms with Crippen molar-refractivity contribution in [3.05, 3.63) is 28.2 Å². The first-order valence-electron chi connectivity index (χ1n) is 6.42. The van der Waals surface area contributed by atoms with Crippen molar-refractivity contribution in [1.29, 1.82) is 0 Å². The molecule has 0 amide bonds. The van der Waals surface area contributed by atoms with Gasteiger partial charge in [-0.15, -0.1) is 0 Å². The largest absolute Gasteiger partial charge is 0.375 e. The van der Waals surface area contributed by atoms with Crippen LogP contribution in [0.25, 0.3) is 0 Å². The lowest BCUT2D eigenvalue weighted by atomic mass is 10.1. The fourth-order valence-electron chi connectivity index (χ4n) is 2.28. The van der Waals surface area contributed by atoms with E-state index < -0.39 is 0 Å². The Morgan fingerprint density at radius 1 is 1.44 bits per heavy atom. The van der Waals surface area contributed by atoms with E-state index in [0.717, 1.165) is 23.2 Å². The van der Waals surface area contributed by atoms with E-state index in [4.69, 9.17) is 10.5 Å². The summed E-state index contributed by atoms with van der Waals surface area (Å²) in [5, 5.41) is 0. The van der Waals surface area contributed by atoms with Gasteiger partial charge in [-0.2, -0.15) is 0 Å². The van der Waals surface area contributed by atoms with Gasteiger partial charge in [0.2, 0.25) is 0 Å². The van der Waals surface area contributed by atoms with Gasteiger partial charge >= 0.3 is 0 Å². The van der Waals surface area contributed by atoms with Crippen LogP contribution in [0.15, 0.2) is 22.7 Å². The van der Waals surface area contributed by atoms with Crippen LogP contribution in [-0.4, -0.2) is 25.3 Å². The third-order valence-electron chi connectivity index (χ3n) is 3.41. The van der Waals surface area contributed by atoms with E-state index in [1.54, 1.807) is 0 Å². The molecule has 1 saturated heterocycles. The van der Waals surface area contributed by atoms with Crippen molar-refractivity contribution in [2.24, 2.45) is 5.73 Å². The SMILES string of the molecule is CC1CN(c2ccc([C@H](C)N)cc2Br)C(C)CO1. The topological polar surface area (TPSA) is 38.5 Å². The molecule has 1 aliphatic rings. The van der Waals surface area contributed by atoms with E-state index >= 15 is 0 Å². The maximum Gasteiger partial charge on any atom is 0.0723 e. The first-order chi connectivity index (χ1) is 8.49. The Labute approximate surface area is 117 Å². The number of nitrogens with two attached hydrogens (primary N) is 1. The summed E-state index contributed by atoms with van der Waals surface area (Å²) in [5.74, 6) is 0. The molecule has 1 aliphatic heterocycles. The van der Waals surface area contributed by atoms with Crippen molar-refractivity contribution < 1.29 is 4.74 Å². The predicted octanol–water partition coefficient (Wildman–Crippen LogP) is 3.08. The molecule has 2 N–H and O–H groups in total. The molecule has 0 aromatic heterocycles. The standard InChI is InChI=1S/C14H21BrN2O/c1-9-8-18-10(2)7-17(9)14-5-4-12(11(3)16)6-13(14)15/h4-6,9-11H,7-8,16H2,1-3H3/t9?,10?,11-/m0/s1. The van der Waals surface area contributed by atoms with Crippen LogP contribution in [0.1, 0.15) is 32.4 Å². The van der Waals surface area contributed by atoms with Crippen LogP contribution in [0.5, 0.6) is 0 Å². The van der Waals surface area contributed by atoms with Crippen LogP contribution >= 0.6 is 15.9 Å². The molecular formula is C14H21BrN2O. The summed E-state index contributed by atoms with van der Waals surface area (Å²) >= 11 is 3.66. The van der Waals surface area contributed by atoms with Crippen molar-refractivity contribution in [3.63, 3.8) is 0 Å². The highest BCUT2D eigenvalue weighted by Gasteiger charge is 2.25. The second-order valence-corrected chi connectivity index (χ2v) is 6.00. The Bertz CT molecular complexity index is 422. The number of hydrogen-bond donors (Lipinski definition) is 1. The van der Waals surface area contributed by atoms with E-state index in [0.29, 0.717) is 6.04 Å². The predicted molar refractivity (Wildman–Crippen MR) is 79.0 cm³/mol. The van der Waals surface area contributed by atoms with Gasteiger partial charge in [0, 0.05) is 23.1 Å². The first-order valence-corrected chi connectivity index (χ1v) is 7.21. The molecule has 1 fully saturated rings. The molecule has 100 valence electrons. The van der Waals surface area contributed by atoms with Crippen LogP contribution < -0.4 is 10.6 Å². The second-order valence-electron chi connectivity index (χ2n) is 5.14. The van der Waals surface area contributed by atoms with Crippen molar-refractivity contribution in [2.45, 2.75) is 39.0 Å². The third-order valence-corrected chi connectivity index (χ3v) is 4.05. The molecule has 18 heavy (non-hydrogen) atoms. The summed E-state index contributed by atoms with van der Waals surface area (Å²) in [6, 6.07) is 6.84. The van der Waals surface area contributed by atoms with Gasteiger partial charge in [-0.05, 0) is 54.4 Å². The number of nitrogens with zero attached hydrogens (tertiary/aromatic N) is 1. The van der Waals surface area contributed by atoms with Gasteiger partial charge < -0.3 is 15.4 Å². The maximum atomic E-state index is 5.91. The van der Waals surface area contributed by atoms with Gasteiger partial charge in [-0.25, -0.2) is 0 Å². The molecule has 0 aliphatic carbocycles. The van der Waals surface area contributed by atoms with E-state index in [1.165, 1.54) is 5.69 Å². The quantitative estimate of drug-likeness (QED) is 0.912. The van der Waals surface area contributed by atoms with Crippen molar-refractivity contribution in [2.75, 3.05) is 18.1 Å². The van der Waals surface area contributed by atoms with Gasteiger partial charge in [-0.3, -0.25) is 0 Å². The fourth-order valence-corrected chi connectivity index (χ4v) is 2.90. The highest BCUT2D eigenvalue weighted by Crippen LogP contribution is 2.31. The van der Waals surface area contributed by atoms with Crippen LogP contribution in [0.4, 0.5) is 5.69 Å². The summed E-state index contributed by atoms with van der Waals surface area (Å²) in [6.07, 6.45) is 0.279. The molecule has 1 aromatic rings. The average Bonchev–Trinajstić information content (AvgIpc) is 2.32. The van der Waals surface area contributed by atoms with Crippen LogP contribution in [0.3, 0.4) is 0 Å². The second kappa shape index (κ2) is 5.59. The van der Waals surface area contributed by atoms with Crippen molar-refractivity contribution >= 4 is 21.6 Å². The monoisotopic (exact) mass is 312 g/mol. The minimum atomic E-state index is 0.0661. The molecule has 0 saturated carbocycles. The molecule has 2 rings (SSSR count). The number of halogens is 1. The molecule has 3 nitrogen and oxygen atoms in total. The van der Waals surface area contributed by atoms with E-state index in [1.807, 2.05) is 6.92 Å². The average molecular weight is 313 g/mol. The Hall–Kier alpha value is -0.580. The maximum absolute atomic E-state index is 5.91. The summed E-state index contributed by atoms with van der Waals surface area (Å²) < 4.78 is 6.78. The van der Waals surface area contributed by atoms with Gasteiger partial charge in [0.05, 0.1) is 18.4 Å². The minimum Gasteiger partial charge on any atom is -0.375 e. The molecule has 3 atom stereocenters. The molecular weight excluding hydrogens is 292 g/mol. The first kappa shape index (κ1) is 13.8. The van der Waals surface area contributed by atoms with Gasteiger partial charge in [0.15, 0.2) is 0 Å². The normalized spacial score (nSPS) is 26.2. The molecule has 1 aromatic carbocycles. The van der Waals surface area contributed by atoms with Crippen molar-refractivity contribution in [1.82, 2.24) is 0 Å². The zero-order valence-corrected chi connectivity index (χ0v) is 12.8. The highest BCUT2D eigenvalue weighted by molar-refractivity contribution is 9.10. The molecule has 0 spiro atoms. The van der Waals surface area contributed by atoms with E-state index in [-0.39, 0.29) is 12.1 Å². The number of morpholine rings is 1. The Balaban J connectivity index is 2.27. The number of rotatable bonds is 2. The number of anilines is 1. The third kappa shape index (κ3) is 2.87. The van der Waals surface area contributed by atoms with Crippen LogP contribution in [0.2, 0.25) is 0 Å². The van der Waals surface area contributed by atoms with Gasteiger partial charge in [0.25, 0.3) is 0 Å². The Kier molecular flexibility index (Phi) is 4.30. The van der Waals surface area contributed by atoms with Crippen LogP contribution in [0, 0.1) is 0 Å². The highest BCUT2D eigenvalue weighted by atomic mass is 79.9. The molecule has 0 radical (unpaired) electrons. The Morgan fingerprint density at radius 3 is 2.78 bits per heavy atom. The van der Waals surface area contributed by atoms with Crippen LogP contribution in [-0.2, 0) is 4.74 Å². The molecule has 1 heterocycles. The summed E-state index contributed by atoms with van der Waals surface area (Å²) in [6.45, 7) is 8.02. The summed E-state index contributed by atoms with van der Waals surface area (Å²) in [5.41, 5.74) is 8.28. The molecule has 0 bridgehead atoms. The Morgan fingerprint density at radius 2 is 2.17 bits per heavy atom. The zero-order valence-electron chi connectivity index (χ0n) is 11.2.